The fourth-order valence-corrected chi connectivity index (χ4v) is 9.85. The minimum Gasteiger partial charge on any atom is -0.504 e. The van der Waals surface area contributed by atoms with Gasteiger partial charge in [0.2, 0.25) is 11.4 Å². The lowest BCUT2D eigenvalue weighted by molar-refractivity contribution is -0.944. The van der Waals surface area contributed by atoms with Gasteiger partial charge in [0.05, 0.1) is 24.2 Å². The first-order valence-corrected chi connectivity index (χ1v) is 19.3. The summed E-state index contributed by atoms with van der Waals surface area (Å²) < 4.78 is 0.467. The molecule has 1 aromatic heterocycles. The number of amides is 3. The first kappa shape index (κ1) is 39.8. The SMILES string of the molecule is C[C@@H]1S[C@@H]2[C@H](NC(=O)/C(=N\OC(C)(C)C(=O)O)c3csc(N)n3)C(=O)N2C(C(=O)O)=C1C[N+]1(C)[C@@H]2CC[C@H]1CC(NC(=O)C(=O)c1cc(O)c(O)c(Cl)c1)C2. The quantitative estimate of drug-likeness (QED) is 0.0305. The highest BCUT2D eigenvalue weighted by Gasteiger charge is 2.58. The number of fused-ring (bicyclic) bond motifs is 3. The molecule has 8 N–H and O–H groups in total. The minimum absolute atomic E-state index is 0.00584. The number of oxime groups is 1. The zero-order chi connectivity index (χ0) is 40.3. The number of halogens is 1. The van der Waals surface area contributed by atoms with Gasteiger partial charge in [0, 0.05) is 53.5 Å². The topological polar surface area (TPSA) is 271 Å². The molecule has 0 saturated carbocycles. The number of aliphatic carboxylic acids is 2. The number of benzene rings is 1. The molecule has 21 heteroatoms. The molecule has 6 rings (SSSR count). The van der Waals surface area contributed by atoms with Crippen molar-refractivity contribution >= 4 is 81.0 Å². The van der Waals surface area contributed by atoms with E-state index < -0.39 is 69.7 Å². The minimum atomic E-state index is -1.81. The number of nitrogens with two attached hydrogens (primary N) is 1. The van der Waals surface area contributed by atoms with Crippen LogP contribution in [0.1, 0.15) is 62.5 Å². The Morgan fingerprint density at radius 1 is 1.11 bits per heavy atom. The van der Waals surface area contributed by atoms with Gasteiger partial charge in [-0.05, 0) is 32.9 Å². The number of thioether (sulfide) groups is 1. The lowest BCUT2D eigenvalue weighted by Gasteiger charge is -2.53. The Morgan fingerprint density at radius 2 is 1.76 bits per heavy atom. The van der Waals surface area contributed by atoms with E-state index in [0.29, 0.717) is 29.4 Å². The van der Waals surface area contributed by atoms with Crippen LogP contribution in [-0.4, -0.2) is 130 Å². The molecule has 3 fully saturated rings. The number of carbonyl (C=O) groups is 6. The highest BCUT2D eigenvalue weighted by atomic mass is 35.5. The molecule has 3 saturated heterocycles. The molecule has 2 unspecified atom stereocenters. The molecule has 3 amide bonds. The first-order chi connectivity index (χ1) is 25.7. The Bertz CT molecular complexity index is 2030. The average Bonchev–Trinajstić information content (AvgIpc) is 3.58. The number of carbonyl (C=O) groups excluding carboxylic acids is 4. The number of carboxylic acids is 2. The number of nitrogen functional groups attached to an aromatic ring is 1. The highest BCUT2D eigenvalue weighted by molar-refractivity contribution is 8.00. The number of thiazole rings is 1. The van der Waals surface area contributed by atoms with E-state index >= 15 is 0 Å². The van der Waals surface area contributed by atoms with E-state index in [1.54, 1.807) is 0 Å². The van der Waals surface area contributed by atoms with Gasteiger partial charge in [-0.25, -0.2) is 14.6 Å². The summed E-state index contributed by atoms with van der Waals surface area (Å²) in [6, 6.07) is 0.556. The Labute approximate surface area is 326 Å². The van der Waals surface area contributed by atoms with Crippen molar-refractivity contribution in [3.05, 3.63) is 45.1 Å². The van der Waals surface area contributed by atoms with Crippen molar-refractivity contribution in [2.75, 3.05) is 19.3 Å². The number of hydrogen-bond acceptors (Lipinski definition) is 14. The number of piperidine rings is 1. The van der Waals surface area contributed by atoms with Crippen molar-refractivity contribution in [1.29, 1.82) is 0 Å². The predicted octanol–water partition coefficient (Wildman–Crippen LogP) is 1.64. The van der Waals surface area contributed by atoms with Crippen LogP contribution in [0, 0.1) is 0 Å². The van der Waals surface area contributed by atoms with Crippen molar-refractivity contribution in [3.63, 3.8) is 0 Å². The van der Waals surface area contributed by atoms with E-state index in [4.69, 9.17) is 22.2 Å². The molecule has 4 aliphatic rings. The molecule has 18 nitrogen and oxygen atoms in total. The van der Waals surface area contributed by atoms with Crippen molar-refractivity contribution in [2.24, 2.45) is 5.16 Å². The number of carboxylic acid groups (broad SMARTS) is 2. The number of aromatic nitrogens is 1. The zero-order valence-corrected chi connectivity index (χ0v) is 32.3. The number of phenols is 2. The van der Waals surface area contributed by atoms with Crippen LogP contribution in [0.15, 0.2) is 33.9 Å². The van der Waals surface area contributed by atoms with Gasteiger partial charge in [-0.3, -0.25) is 24.1 Å². The number of quaternary nitrogens is 1. The fourth-order valence-electron chi connectivity index (χ4n) is 7.65. The molecule has 5 heterocycles. The maximum Gasteiger partial charge on any atom is 0.352 e. The van der Waals surface area contributed by atoms with Crippen LogP contribution in [0.25, 0.3) is 0 Å². The molecule has 0 spiro atoms. The van der Waals surface area contributed by atoms with Gasteiger partial charge in [-0.2, -0.15) is 0 Å². The van der Waals surface area contributed by atoms with Crippen LogP contribution in [0.4, 0.5) is 5.13 Å². The summed E-state index contributed by atoms with van der Waals surface area (Å²) in [5, 5.41) is 48.7. The molecule has 0 aliphatic carbocycles. The second-order valence-corrected chi connectivity index (χ2v) is 17.4. The van der Waals surface area contributed by atoms with Crippen LogP contribution < -0.4 is 16.4 Å². The number of ketones is 1. The zero-order valence-electron chi connectivity index (χ0n) is 29.9. The standard InChI is InChI=1S/C34H38ClN7O11S2/c1-13-18(11-42(4)16-5-6-17(42)10-15(9-16)37-28(47)25(44)14-7-19(35)26(45)21(43)8-14)24(31(49)50)41-29(48)23(30(41)55-13)39-27(46)22(20-12-54-33(36)38-20)40-53-34(2,3)32(51)52/h7-8,12-13,15-17,23,30H,5-6,9-11H2,1-4H3,(H7-,36,37,38,39,40,43,44,45,46,47,49,50,51,52)/p+1/t13-,15?,16-,17+,23+,30+,42?/m0/s1. The summed E-state index contributed by atoms with van der Waals surface area (Å²) in [5.41, 5.74) is 3.73. The smallest absolute Gasteiger partial charge is 0.352 e. The van der Waals surface area contributed by atoms with Gasteiger partial charge in [0.1, 0.15) is 29.4 Å². The van der Waals surface area contributed by atoms with Crippen LogP contribution in [0.3, 0.4) is 0 Å². The van der Waals surface area contributed by atoms with Crippen molar-refractivity contribution < 1.29 is 58.5 Å². The van der Waals surface area contributed by atoms with Gasteiger partial charge < -0.3 is 46.1 Å². The molecule has 4 aliphatic heterocycles. The summed E-state index contributed by atoms with van der Waals surface area (Å²) in [6.45, 7) is 4.62. The van der Waals surface area contributed by atoms with Crippen LogP contribution >= 0.6 is 34.7 Å². The summed E-state index contributed by atoms with van der Waals surface area (Å²) in [7, 11) is 2.03. The lowest BCUT2D eigenvalue weighted by atomic mass is 9.92. The summed E-state index contributed by atoms with van der Waals surface area (Å²) in [6.07, 6.45) is 2.60. The van der Waals surface area contributed by atoms with E-state index in [0.717, 1.165) is 36.3 Å². The number of hydrogen-bond donors (Lipinski definition) is 7. The van der Waals surface area contributed by atoms with Gasteiger partial charge in [-0.1, -0.05) is 16.8 Å². The summed E-state index contributed by atoms with van der Waals surface area (Å²) in [4.78, 5) is 87.8. The third-order valence-electron chi connectivity index (χ3n) is 10.7. The molecule has 294 valence electrons. The second kappa shape index (κ2) is 14.6. The Hall–Kier alpha value is -4.92. The Morgan fingerprint density at radius 3 is 2.33 bits per heavy atom. The fraction of sp³-hybridized carbons (Fsp3) is 0.471. The largest absolute Gasteiger partial charge is 0.504 e. The maximum atomic E-state index is 13.6. The third-order valence-corrected chi connectivity index (χ3v) is 13.2. The van der Waals surface area contributed by atoms with E-state index in [2.05, 4.69) is 20.8 Å². The number of nitrogens with one attached hydrogen (secondary N) is 2. The van der Waals surface area contributed by atoms with Crippen molar-refractivity contribution in [3.8, 4) is 11.5 Å². The normalized spacial score (nSPS) is 27.5. The van der Waals surface area contributed by atoms with Gasteiger partial charge >= 0.3 is 11.9 Å². The monoisotopic (exact) mass is 820 g/mol. The highest BCUT2D eigenvalue weighted by Crippen LogP contribution is 2.48. The van der Waals surface area contributed by atoms with Gasteiger partial charge in [-0.15, -0.1) is 23.1 Å². The predicted molar refractivity (Wildman–Crippen MR) is 198 cm³/mol. The van der Waals surface area contributed by atoms with Crippen LogP contribution in [0.5, 0.6) is 11.5 Å². The molecule has 55 heavy (non-hydrogen) atoms. The van der Waals surface area contributed by atoms with E-state index in [1.807, 2.05) is 14.0 Å². The molecule has 1 aromatic carbocycles. The van der Waals surface area contributed by atoms with Crippen LogP contribution in [-0.2, 0) is 28.8 Å². The summed E-state index contributed by atoms with van der Waals surface area (Å²) in [5.74, 6) is -7.24. The molecule has 7 atom stereocenters. The van der Waals surface area contributed by atoms with Crippen molar-refractivity contribution in [2.45, 2.75) is 86.8 Å². The van der Waals surface area contributed by atoms with E-state index in [1.165, 1.54) is 35.9 Å². The summed E-state index contributed by atoms with van der Waals surface area (Å²) >= 11 is 8.19. The van der Waals surface area contributed by atoms with E-state index in [-0.39, 0.29) is 50.5 Å². The number of likely N-dealkylation sites (N-methyl/N-ethyl adjacent to an activating group) is 1. The van der Waals surface area contributed by atoms with Gasteiger partial charge in [0.15, 0.2) is 22.3 Å². The molecule has 2 aromatic rings. The number of anilines is 1. The molecular weight excluding hydrogens is 782 g/mol. The molecule has 0 radical (unpaired) electrons. The molecular formula is C34H39ClN7O11S2+. The third kappa shape index (κ3) is 7.30. The second-order valence-electron chi connectivity index (χ2n) is 14.6. The number of phenolic OH excluding ortho intramolecular Hbond substituents is 2. The average molecular weight is 821 g/mol. The van der Waals surface area contributed by atoms with Crippen LogP contribution in [0.2, 0.25) is 5.02 Å². The maximum absolute atomic E-state index is 13.6. The Balaban J connectivity index is 1.17. The number of aromatic hydroxyl groups is 2. The van der Waals surface area contributed by atoms with Crippen molar-refractivity contribution in [1.82, 2.24) is 20.5 Å². The first-order valence-electron chi connectivity index (χ1n) is 17.1. The number of β-lactam (4-membered cyclic amide) rings is 1. The molecule has 2 bridgehead atoms. The number of rotatable bonds is 12. The Kier molecular flexibility index (Phi) is 10.6. The number of Topliss-reactive ketones (excluding diaryl/α,β-unsaturated/α-hetero) is 1. The van der Waals surface area contributed by atoms with E-state index in [9.17, 15) is 49.2 Å². The van der Waals surface area contributed by atoms with Gasteiger partial charge in [0.25, 0.3) is 17.7 Å². The number of nitrogens with zero attached hydrogens (tertiary/aromatic N) is 4. The lowest BCUT2D eigenvalue weighted by Crippen LogP contribution is -2.72.